The van der Waals surface area contributed by atoms with Crippen LogP contribution in [0.5, 0.6) is 5.75 Å². The molecule has 0 aliphatic carbocycles. The van der Waals surface area contributed by atoms with E-state index >= 15 is 0 Å². The first kappa shape index (κ1) is 13.6. The van der Waals surface area contributed by atoms with Gasteiger partial charge in [0.2, 0.25) is 0 Å². The molecule has 2 aromatic heterocycles. The summed E-state index contributed by atoms with van der Waals surface area (Å²) in [5, 5.41) is 10.3. The van der Waals surface area contributed by atoms with Crippen molar-refractivity contribution in [2.45, 2.75) is 12.5 Å². The molecule has 1 unspecified atom stereocenters. The van der Waals surface area contributed by atoms with Crippen LogP contribution in [0, 0.1) is 5.82 Å². The smallest absolute Gasteiger partial charge is 0.165 e. The number of imidazole rings is 1. The highest BCUT2D eigenvalue weighted by Gasteiger charge is 2.14. The minimum Gasteiger partial charge on any atom is -0.494 e. The van der Waals surface area contributed by atoms with Crippen LogP contribution in [0.1, 0.15) is 17.4 Å². The van der Waals surface area contributed by atoms with Crippen molar-refractivity contribution in [3.63, 3.8) is 0 Å². The fraction of sp³-hybridized carbons (Fsp3) is 0.188. The van der Waals surface area contributed by atoms with E-state index in [1.165, 1.54) is 13.2 Å². The van der Waals surface area contributed by atoms with Crippen LogP contribution in [0.15, 0.2) is 48.8 Å². The predicted molar refractivity (Wildman–Crippen MR) is 76.8 cm³/mol. The Bertz CT molecular complexity index is 737. The van der Waals surface area contributed by atoms with Crippen molar-refractivity contribution >= 4 is 5.65 Å². The third-order valence-corrected chi connectivity index (χ3v) is 3.37. The summed E-state index contributed by atoms with van der Waals surface area (Å²) in [5.74, 6) is -0.238. The van der Waals surface area contributed by atoms with E-state index in [1.54, 1.807) is 18.3 Å². The predicted octanol–water partition coefficient (Wildman–Crippen LogP) is 2.76. The van der Waals surface area contributed by atoms with Crippen molar-refractivity contribution < 1.29 is 14.2 Å². The fourth-order valence-electron chi connectivity index (χ4n) is 2.28. The van der Waals surface area contributed by atoms with E-state index in [0.29, 0.717) is 17.7 Å². The van der Waals surface area contributed by atoms with Gasteiger partial charge < -0.3 is 14.2 Å². The molecule has 21 heavy (non-hydrogen) atoms. The lowest BCUT2D eigenvalue weighted by Crippen LogP contribution is -2.03. The highest BCUT2D eigenvalue weighted by Crippen LogP contribution is 2.22. The van der Waals surface area contributed by atoms with Crippen LogP contribution in [0.2, 0.25) is 0 Å². The minimum atomic E-state index is -0.780. The molecule has 3 rings (SSSR count). The summed E-state index contributed by atoms with van der Waals surface area (Å²) in [6.45, 7) is 0. The van der Waals surface area contributed by atoms with Crippen molar-refractivity contribution in [3.8, 4) is 5.75 Å². The molecule has 0 saturated heterocycles. The molecule has 2 heterocycles. The first-order chi connectivity index (χ1) is 10.2. The highest BCUT2D eigenvalue weighted by molar-refractivity contribution is 5.40. The number of aromatic nitrogens is 2. The maximum absolute atomic E-state index is 13.6. The van der Waals surface area contributed by atoms with Gasteiger partial charge in [-0.2, -0.15) is 0 Å². The van der Waals surface area contributed by atoms with Gasteiger partial charge in [-0.3, -0.25) is 0 Å². The Labute approximate surface area is 121 Å². The van der Waals surface area contributed by atoms with Crippen molar-refractivity contribution in [3.05, 3.63) is 65.9 Å². The summed E-state index contributed by atoms with van der Waals surface area (Å²) in [7, 11) is 1.42. The van der Waals surface area contributed by atoms with Gasteiger partial charge >= 0.3 is 0 Å². The molecule has 0 amide bonds. The van der Waals surface area contributed by atoms with E-state index in [1.807, 2.05) is 28.8 Å². The largest absolute Gasteiger partial charge is 0.494 e. The molecular weight excluding hydrogens is 271 g/mol. The third-order valence-electron chi connectivity index (χ3n) is 3.37. The molecule has 0 aliphatic rings. The Hall–Kier alpha value is -2.40. The van der Waals surface area contributed by atoms with Gasteiger partial charge in [0.1, 0.15) is 11.8 Å². The second kappa shape index (κ2) is 5.54. The minimum absolute atomic E-state index is 0.195. The molecule has 0 saturated carbocycles. The molecule has 108 valence electrons. The first-order valence-corrected chi connectivity index (χ1v) is 6.61. The van der Waals surface area contributed by atoms with Gasteiger partial charge in [-0.1, -0.05) is 12.1 Å². The van der Waals surface area contributed by atoms with Crippen LogP contribution in [-0.2, 0) is 6.42 Å². The summed E-state index contributed by atoms with van der Waals surface area (Å²) >= 11 is 0. The van der Waals surface area contributed by atoms with Gasteiger partial charge in [-0.15, -0.1) is 0 Å². The standard InChI is InChI=1S/C16H15FN2O2/c1-21-15-6-5-11(8-12(15)17)9-14(20)13-10-19-7-3-2-4-16(19)18-13/h2-8,10,14,20H,9H2,1H3. The molecule has 5 heteroatoms. The van der Waals surface area contributed by atoms with Crippen LogP contribution in [0.3, 0.4) is 0 Å². The van der Waals surface area contributed by atoms with E-state index in [-0.39, 0.29) is 5.75 Å². The van der Waals surface area contributed by atoms with Crippen LogP contribution in [0.4, 0.5) is 4.39 Å². The van der Waals surface area contributed by atoms with Gasteiger partial charge in [0, 0.05) is 18.8 Å². The number of aliphatic hydroxyl groups excluding tert-OH is 1. The van der Waals surface area contributed by atoms with E-state index in [2.05, 4.69) is 4.98 Å². The van der Waals surface area contributed by atoms with E-state index in [0.717, 1.165) is 5.65 Å². The van der Waals surface area contributed by atoms with Crippen molar-refractivity contribution in [1.82, 2.24) is 9.38 Å². The van der Waals surface area contributed by atoms with Gasteiger partial charge in [-0.25, -0.2) is 9.37 Å². The summed E-state index contributed by atoms with van der Waals surface area (Å²) in [5.41, 5.74) is 2.03. The van der Waals surface area contributed by atoms with E-state index in [4.69, 9.17) is 4.74 Å². The van der Waals surface area contributed by atoms with Crippen LogP contribution < -0.4 is 4.74 Å². The summed E-state index contributed by atoms with van der Waals surface area (Å²) in [6, 6.07) is 10.3. The third kappa shape index (κ3) is 2.73. The number of halogens is 1. The van der Waals surface area contributed by atoms with Gasteiger partial charge in [0.05, 0.1) is 12.8 Å². The zero-order valence-corrected chi connectivity index (χ0v) is 11.5. The lowest BCUT2D eigenvalue weighted by molar-refractivity contribution is 0.174. The highest BCUT2D eigenvalue weighted by atomic mass is 19.1. The maximum Gasteiger partial charge on any atom is 0.165 e. The average molecular weight is 286 g/mol. The molecule has 0 radical (unpaired) electrons. The molecule has 0 spiro atoms. The molecule has 0 fully saturated rings. The van der Waals surface area contributed by atoms with Gasteiger partial charge in [-0.05, 0) is 29.8 Å². The number of pyridine rings is 1. The molecule has 1 aromatic carbocycles. The summed E-state index contributed by atoms with van der Waals surface area (Å²) < 4.78 is 20.4. The lowest BCUT2D eigenvalue weighted by atomic mass is 10.1. The van der Waals surface area contributed by atoms with Crippen LogP contribution in [0.25, 0.3) is 5.65 Å². The second-order valence-electron chi connectivity index (χ2n) is 4.82. The molecule has 0 bridgehead atoms. The Morgan fingerprint density at radius 2 is 2.19 bits per heavy atom. The van der Waals surface area contributed by atoms with Gasteiger partial charge in [0.25, 0.3) is 0 Å². The number of rotatable bonds is 4. The Kier molecular flexibility index (Phi) is 3.58. The first-order valence-electron chi connectivity index (χ1n) is 6.61. The van der Waals surface area contributed by atoms with E-state index in [9.17, 15) is 9.50 Å². The van der Waals surface area contributed by atoms with Gasteiger partial charge in [0.15, 0.2) is 11.6 Å². The SMILES string of the molecule is COc1ccc(CC(O)c2cn3ccccc3n2)cc1F. The number of ether oxygens (including phenoxy) is 1. The Balaban J connectivity index is 1.82. The topological polar surface area (TPSA) is 46.8 Å². The number of hydrogen-bond donors (Lipinski definition) is 1. The normalized spacial score (nSPS) is 12.5. The monoisotopic (exact) mass is 286 g/mol. The van der Waals surface area contributed by atoms with Crippen LogP contribution in [-0.4, -0.2) is 21.6 Å². The quantitative estimate of drug-likeness (QED) is 0.802. The van der Waals surface area contributed by atoms with E-state index < -0.39 is 11.9 Å². The summed E-state index contributed by atoms with van der Waals surface area (Å²) in [4.78, 5) is 4.36. The fourth-order valence-corrected chi connectivity index (χ4v) is 2.28. The lowest BCUT2D eigenvalue weighted by Gasteiger charge is -2.09. The second-order valence-corrected chi connectivity index (χ2v) is 4.82. The average Bonchev–Trinajstić information content (AvgIpc) is 2.91. The molecule has 1 N–H and O–H groups in total. The van der Waals surface area contributed by atoms with Crippen LogP contribution >= 0.6 is 0 Å². The zero-order chi connectivity index (χ0) is 14.8. The Morgan fingerprint density at radius 3 is 2.90 bits per heavy atom. The molecule has 3 aromatic rings. The van der Waals surface area contributed by atoms with Crippen molar-refractivity contribution in [1.29, 1.82) is 0 Å². The molecule has 0 aliphatic heterocycles. The number of benzene rings is 1. The van der Waals surface area contributed by atoms with Crippen molar-refractivity contribution in [2.24, 2.45) is 0 Å². The number of nitrogens with zero attached hydrogens (tertiary/aromatic N) is 2. The zero-order valence-electron chi connectivity index (χ0n) is 11.5. The number of fused-ring (bicyclic) bond motifs is 1. The number of hydrogen-bond acceptors (Lipinski definition) is 3. The number of aliphatic hydroxyl groups is 1. The molecular formula is C16H15FN2O2. The number of methoxy groups -OCH3 is 1. The molecule has 4 nitrogen and oxygen atoms in total. The summed E-state index contributed by atoms with van der Waals surface area (Å²) in [6.07, 6.45) is 3.16. The maximum atomic E-state index is 13.6. The van der Waals surface area contributed by atoms with Crippen molar-refractivity contribution in [2.75, 3.05) is 7.11 Å². The Morgan fingerprint density at radius 1 is 1.33 bits per heavy atom. The molecule has 1 atom stereocenters.